The number of halogens is 3. The SMILES string of the molecule is COc1cc(CCNC(=O)CCBr)ccc1OC(F)F. The van der Waals surface area contributed by atoms with Crippen molar-refractivity contribution in [1.29, 1.82) is 0 Å². The van der Waals surface area contributed by atoms with Crippen molar-refractivity contribution in [3.63, 3.8) is 0 Å². The lowest BCUT2D eigenvalue weighted by Crippen LogP contribution is -2.25. The maximum atomic E-state index is 12.2. The second-order valence-corrected chi connectivity index (χ2v) is 4.70. The number of amides is 1. The van der Waals surface area contributed by atoms with Crippen molar-refractivity contribution in [2.75, 3.05) is 19.0 Å². The van der Waals surface area contributed by atoms with E-state index in [9.17, 15) is 13.6 Å². The molecule has 0 aliphatic carbocycles. The van der Waals surface area contributed by atoms with Gasteiger partial charge in [0, 0.05) is 18.3 Å². The Hall–Kier alpha value is -1.37. The van der Waals surface area contributed by atoms with Gasteiger partial charge in [-0.05, 0) is 24.1 Å². The van der Waals surface area contributed by atoms with Gasteiger partial charge in [-0.2, -0.15) is 8.78 Å². The Balaban J connectivity index is 2.57. The van der Waals surface area contributed by atoms with Crippen molar-refractivity contribution in [2.24, 2.45) is 0 Å². The predicted molar refractivity (Wildman–Crippen MR) is 74.8 cm³/mol. The molecule has 0 aromatic heterocycles. The van der Waals surface area contributed by atoms with Crippen LogP contribution in [0.1, 0.15) is 12.0 Å². The van der Waals surface area contributed by atoms with Gasteiger partial charge in [0.2, 0.25) is 5.91 Å². The maximum absolute atomic E-state index is 12.2. The molecule has 112 valence electrons. The third kappa shape index (κ3) is 5.73. The van der Waals surface area contributed by atoms with Crippen LogP contribution in [0.4, 0.5) is 8.78 Å². The summed E-state index contributed by atoms with van der Waals surface area (Å²) in [6, 6.07) is 4.71. The van der Waals surface area contributed by atoms with Gasteiger partial charge < -0.3 is 14.8 Å². The Labute approximate surface area is 124 Å². The van der Waals surface area contributed by atoms with Crippen LogP contribution in [0.3, 0.4) is 0 Å². The molecule has 0 aliphatic heterocycles. The average Bonchev–Trinajstić information content (AvgIpc) is 2.40. The number of nitrogens with one attached hydrogen (secondary N) is 1. The van der Waals surface area contributed by atoms with E-state index in [4.69, 9.17) is 4.74 Å². The number of carbonyl (C=O) groups is 1. The minimum absolute atomic E-state index is 0.00502. The highest BCUT2D eigenvalue weighted by Crippen LogP contribution is 2.29. The summed E-state index contributed by atoms with van der Waals surface area (Å²) in [6.07, 6.45) is 1.00. The summed E-state index contributed by atoms with van der Waals surface area (Å²) in [6.45, 7) is -2.41. The Morgan fingerprint density at radius 1 is 1.40 bits per heavy atom. The fourth-order valence-corrected chi connectivity index (χ4v) is 1.94. The van der Waals surface area contributed by atoms with Crippen molar-refractivity contribution in [3.05, 3.63) is 23.8 Å². The monoisotopic (exact) mass is 351 g/mol. The van der Waals surface area contributed by atoms with Crippen LogP contribution in [-0.4, -0.2) is 31.5 Å². The molecule has 20 heavy (non-hydrogen) atoms. The first kappa shape index (κ1) is 16.7. The maximum Gasteiger partial charge on any atom is 0.387 e. The fraction of sp³-hybridized carbons (Fsp3) is 0.462. The second-order valence-electron chi connectivity index (χ2n) is 3.90. The molecule has 1 rings (SSSR count). The van der Waals surface area contributed by atoms with Gasteiger partial charge in [-0.1, -0.05) is 22.0 Å². The summed E-state index contributed by atoms with van der Waals surface area (Å²) in [7, 11) is 1.38. The van der Waals surface area contributed by atoms with Crippen LogP contribution in [0.25, 0.3) is 0 Å². The van der Waals surface area contributed by atoms with E-state index in [1.165, 1.54) is 13.2 Å². The summed E-state index contributed by atoms with van der Waals surface area (Å²) in [5.41, 5.74) is 0.864. The molecule has 0 bridgehead atoms. The number of methoxy groups -OCH3 is 1. The Morgan fingerprint density at radius 2 is 2.15 bits per heavy atom. The van der Waals surface area contributed by atoms with Gasteiger partial charge in [-0.25, -0.2) is 0 Å². The molecule has 0 aliphatic rings. The average molecular weight is 352 g/mol. The van der Waals surface area contributed by atoms with E-state index < -0.39 is 6.61 Å². The van der Waals surface area contributed by atoms with E-state index >= 15 is 0 Å². The minimum atomic E-state index is -2.89. The minimum Gasteiger partial charge on any atom is -0.493 e. The number of rotatable bonds is 8. The molecule has 0 atom stereocenters. The van der Waals surface area contributed by atoms with Gasteiger partial charge in [0.25, 0.3) is 0 Å². The van der Waals surface area contributed by atoms with Gasteiger partial charge >= 0.3 is 6.61 Å². The van der Waals surface area contributed by atoms with Crippen LogP contribution in [0.5, 0.6) is 11.5 Å². The highest BCUT2D eigenvalue weighted by Gasteiger charge is 2.11. The van der Waals surface area contributed by atoms with E-state index in [0.717, 1.165) is 5.56 Å². The molecule has 0 fully saturated rings. The van der Waals surface area contributed by atoms with Crippen LogP contribution in [0.15, 0.2) is 18.2 Å². The molecule has 0 saturated heterocycles. The van der Waals surface area contributed by atoms with Crippen LogP contribution in [0.2, 0.25) is 0 Å². The van der Waals surface area contributed by atoms with Gasteiger partial charge in [0.1, 0.15) is 0 Å². The summed E-state index contributed by atoms with van der Waals surface area (Å²) in [5.74, 6) is 0.204. The van der Waals surface area contributed by atoms with E-state index in [2.05, 4.69) is 26.0 Å². The van der Waals surface area contributed by atoms with Crippen LogP contribution in [0, 0.1) is 0 Å². The molecule has 4 nitrogen and oxygen atoms in total. The molecular weight excluding hydrogens is 336 g/mol. The molecular formula is C13H16BrF2NO3. The molecule has 0 radical (unpaired) electrons. The van der Waals surface area contributed by atoms with Crippen LogP contribution < -0.4 is 14.8 Å². The molecule has 1 aromatic carbocycles. The van der Waals surface area contributed by atoms with Gasteiger partial charge in [-0.15, -0.1) is 0 Å². The van der Waals surface area contributed by atoms with Crippen molar-refractivity contribution < 1.29 is 23.0 Å². The van der Waals surface area contributed by atoms with Crippen molar-refractivity contribution in [1.82, 2.24) is 5.32 Å². The third-order valence-electron chi connectivity index (χ3n) is 2.50. The number of hydrogen-bond acceptors (Lipinski definition) is 3. The lowest BCUT2D eigenvalue weighted by molar-refractivity contribution is -0.120. The van der Waals surface area contributed by atoms with Gasteiger partial charge in [-0.3, -0.25) is 4.79 Å². The molecule has 0 heterocycles. The molecule has 0 saturated carbocycles. The highest BCUT2D eigenvalue weighted by molar-refractivity contribution is 9.09. The Morgan fingerprint density at radius 3 is 2.75 bits per heavy atom. The summed E-state index contributed by atoms with van der Waals surface area (Å²) >= 11 is 3.18. The zero-order valence-corrected chi connectivity index (χ0v) is 12.6. The molecule has 7 heteroatoms. The highest BCUT2D eigenvalue weighted by atomic mass is 79.9. The first-order valence-corrected chi connectivity index (χ1v) is 7.13. The number of ether oxygens (including phenoxy) is 2. The lowest BCUT2D eigenvalue weighted by Gasteiger charge is -2.11. The summed E-state index contributed by atoms with van der Waals surface area (Å²) in [5, 5.41) is 3.37. The number of benzene rings is 1. The lowest BCUT2D eigenvalue weighted by atomic mass is 10.1. The Kier molecular flexibility index (Phi) is 7.28. The van der Waals surface area contributed by atoms with E-state index in [1.54, 1.807) is 12.1 Å². The first-order valence-electron chi connectivity index (χ1n) is 6.01. The number of alkyl halides is 3. The predicted octanol–water partition coefficient (Wildman–Crippen LogP) is 2.74. The molecule has 1 amide bonds. The normalized spacial score (nSPS) is 10.4. The molecule has 1 aromatic rings. The molecule has 1 N–H and O–H groups in total. The van der Waals surface area contributed by atoms with E-state index in [-0.39, 0.29) is 17.4 Å². The van der Waals surface area contributed by atoms with E-state index in [0.29, 0.717) is 24.7 Å². The first-order chi connectivity index (χ1) is 9.56. The quantitative estimate of drug-likeness (QED) is 0.732. The fourth-order valence-electron chi connectivity index (χ4n) is 1.58. The van der Waals surface area contributed by atoms with Crippen molar-refractivity contribution >= 4 is 21.8 Å². The topological polar surface area (TPSA) is 47.6 Å². The molecule has 0 unspecified atom stereocenters. The number of carbonyl (C=O) groups excluding carboxylic acids is 1. The largest absolute Gasteiger partial charge is 0.493 e. The van der Waals surface area contributed by atoms with Crippen molar-refractivity contribution in [2.45, 2.75) is 19.5 Å². The van der Waals surface area contributed by atoms with Crippen LogP contribution in [-0.2, 0) is 11.2 Å². The van der Waals surface area contributed by atoms with E-state index in [1.807, 2.05) is 0 Å². The smallest absolute Gasteiger partial charge is 0.387 e. The van der Waals surface area contributed by atoms with Gasteiger partial charge in [0.05, 0.1) is 7.11 Å². The van der Waals surface area contributed by atoms with Crippen LogP contribution >= 0.6 is 15.9 Å². The standard InChI is InChI=1S/C13H16BrF2NO3/c1-19-11-8-9(2-3-10(11)20-13(15)16)5-7-17-12(18)4-6-14/h2-3,8,13H,4-7H2,1H3,(H,17,18). The third-order valence-corrected chi connectivity index (χ3v) is 2.90. The van der Waals surface area contributed by atoms with Gasteiger partial charge in [0.15, 0.2) is 11.5 Å². The second kappa shape index (κ2) is 8.73. The zero-order valence-electron chi connectivity index (χ0n) is 11.0. The molecule has 0 spiro atoms. The summed E-state index contributed by atoms with van der Waals surface area (Å²) in [4.78, 5) is 11.3. The zero-order chi connectivity index (χ0) is 15.0. The summed E-state index contributed by atoms with van der Waals surface area (Å²) < 4.78 is 33.7. The Bertz CT molecular complexity index is 444. The number of hydrogen-bond donors (Lipinski definition) is 1. The van der Waals surface area contributed by atoms with Crippen molar-refractivity contribution in [3.8, 4) is 11.5 Å².